The molecule has 0 heterocycles. The van der Waals surface area contributed by atoms with E-state index < -0.39 is 34.5 Å². The number of hydrogen-bond acceptors (Lipinski definition) is 6. The third-order valence-electron chi connectivity index (χ3n) is 3.87. The summed E-state index contributed by atoms with van der Waals surface area (Å²) in [5.41, 5.74) is 1.41. The van der Waals surface area contributed by atoms with E-state index in [4.69, 9.17) is 9.88 Å². The number of amides is 1. The lowest BCUT2D eigenvalue weighted by Crippen LogP contribution is -2.31. The van der Waals surface area contributed by atoms with Gasteiger partial charge >= 0.3 is 5.97 Å². The summed E-state index contributed by atoms with van der Waals surface area (Å²) in [6.07, 6.45) is 0. The SMILES string of the molecule is Cc1ccc(C(=O)OCC(=O)NC(C)c2ccc(S(N)(=O)=O)cc2)cc1O. The van der Waals surface area contributed by atoms with Crippen LogP contribution in [0, 0.1) is 6.92 Å². The number of nitrogens with two attached hydrogens (primary N) is 1. The number of carbonyl (C=O) groups is 2. The second-order valence-corrected chi connectivity index (χ2v) is 7.54. The highest BCUT2D eigenvalue weighted by Gasteiger charge is 2.15. The maximum absolute atomic E-state index is 12.0. The van der Waals surface area contributed by atoms with Crippen LogP contribution >= 0.6 is 0 Å². The second-order valence-electron chi connectivity index (χ2n) is 5.98. The van der Waals surface area contributed by atoms with Crippen molar-refractivity contribution in [3.63, 3.8) is 0 Å². The van der Waals surface area contributed by atoms with Crippen molar-refractivity contribution in [1.82, 2.24) is 5.32 Å². The Balaban J connectivity index is 1.91. The fourth-order valence-electron chi connectivity index (χ4n) is 2.26. The Kier molecular flexibility index (Phi) is 6.19. The number of phenolic OH excluding ortho intramolecular Hbond substituents is 1. The largest absolute Gasteiger partial charge is 0.508 e. The highest BCUT2D eigenvalue weighted by atomic mass is 32.2. The molecule has 9 heteroatoms. The summed E-state index contributed by atoms with van der Waals surface area (Å²) in [6, 6.07) is 9.65. The summed E-state index contributed by atoms with van der Waals surface area (Å²) in [6.45, 7) is 2.89. The Bertz CT molecular complexity index is 954. The third kappa shape index (κ3) is 5.53. The van der Waals surface area contributed by atoms with Gasteiger partial charge in [0, 0.05) is 0 Å². The first-order chi connectivity index (χ1) is 12.6. The first-order valence-electron chi connectivity index (χ1n) is 7.97. The van der Waals surface area contributed by atoms with E-state index in [1.165, 1.54) is 36.4 Å². The smallest absolute Gasteiger partial charge is 0.338 e. The van der Waals surface area contributed by atoms with E-state index in [-0.39, 0.29) is 16.2 Å². The molecule has 0 spiro atoms. The van der Waals surface area contributed by atoms with Crippen LogP contribution in [0.15, 0.2) is 47.4 Å². The number of primary sulfonamides is 1. The maximum atomic E-state index is 12.0. The molecule has 0 aliphatic carbocycles. The van der Waals surface area contributed by atoms with E-state index in [1.54, 1.807) is 19.9 Å². The lowest BCUT2D eigenvalue weighted by molar-refractivity contribution is -0.124. The van der Waals surface area contributed by atoms with Crippen molar-refractivity contribution in [2.24, 2.45) is 5.14 Å². The minimum absolute atomic E-state index is 0.0277. The minimum Gasteiger partial charge on any atom is -0.508 e. The number of sulfonamides is 1. The number of nitrogens with one attached hydrogen (secondary N) is 1. The van der Waals surface area contributed by atoms with E-state index >= 15 is 0 Å². The molecule has 2 rings (SSSR count). The van der Waals surface area contributed by atoms with Gasteiger partial charge in [0.1, 0.15) is 5.75 Å². The molecule has 0 bridgehead atoms. The van der Waals surface area contributed by atoms with Crippen molar-refractivity contribution in [2.45, 2.75) is 24.8 Å². The van der Waals surface area contributed by atoms with Crippen LogP contribution in [0.3, 0.4) is 0 Å². The number of phenols is 1. The van der Waals surface area contributed by atoms with E-state index in [1.807, 2.05) is 0 Å². The second kappa shape index (κ2) is 8.19. The number of rotatable bonds is 6. The molecule has 0 fully saturated rings. The van der Waals surface area contributed by atoms with Crippen LogP contribution in [0.1, 0.15) is 34.5 Å². The topological polar surface area (TPSA) is 136 Å². The third-order valence-corrected chi connectivity index (χ3v) is 4.79. The molecule has 8 nitrogen and oxygen atoms in total. The van der Waals surface area contributed by atoms with Crippen molar-refractivity contribution in [1.29, 1.82) is 0 Å². The average molecular weight is 392 g/mol. The van der Waals surface area contributed by atoms with Crippen molar-refractivity contribution < 1.29 is 27.9 Å². The number of esters is 1. The van der Waals surface area contributed by atoms with Crippen LogP contribution in [0.2, 0.25) is 0 Å². The lowest BCUT2D eigenvalue weighted by Gasteiger charge is -2.15. The minimum atomic E-state index is -3.78. The molecule has 0 aromatic heterocycles. The number of ether oxygens (including phenoxy) is 1. The highest BCUT2D eigenvalue weighted by Crippen LogP contribution is 2.18. The number of aromatic hydroxyl groups is 1. The summed E-state index contributed by atoms with van der Waals surface area (Å²) >= 11 is 0. The first kappa shape index (κ1) is 20.4. The molecular formula is C18H20N2O6S. The molecule has 0 aliphatic heterocycles. The molecule has 4 N–H and O–H groups in total. The lowest BCUT2D eigenvalue weighted by atomic mass is 10.1. The Morgan fingerprint density at radius 2 is 1.81 bits per heavy atom. The van der Waals surface area contributed by atoms with Gasteiger partial charge in [-0.3, -0.25) is 4.79 Å². The number of aryl methyl sites for hydroxylation is 1. The maximum Gasteiger partial charge on any atom is 0.338 e. The van der Waals surface area contributed by atoms with Gasteiger partial charge in [0.15, 0.2) is 6.61 Å². The van der Waals surface area contributed by atoms with E-state index in [2.05, 4.69) is 5.32 Å². The van der Waals surface area contributed by atoms with Crippen molar-refractivity contribution in [3.05, 3.63) is 59.2 Å². The van der Waals surface area contributed by atoms with Gasteiger partial charge in [-0.2, -0.15) is 0 Å². The normalized spacial score (nSPS) is 12.3. The monoisotopic (exact) mass is 392 g/mol. The van der Waals surface area contributed by atoms with Crippen molar-refractivity contribution in [2.75, 3.05) is 6.61 Å². The molecule has 1 unspecified atom stereocenters. The molecule has 27 heavy (non-hydrogen) atoms. The van der Waals surface area contributed by atoms with Gasteiger partial charge in [-0.1, -0.05) is 18.2 Å². The highest BCUT2D eigenvalue weighted by molar-refractivity contribution is 7.89. The summed E-state index contributed by atoms with van der Waals surface area (Å²) in [4.78, 5) is 23.8. The molecule has 0 aliphatic rings. The molecule has 0 radical (unpaired) electrons. The zero-order valence-corrected chi connectivity index (χ0v) is 15.6. The summed E-state index contributed by atoms with van der Waals surface area (Å²) in [5, 5.41) is 17.3. The molecule has 1 atom stereocenters. The summed E-state index contributed by atoms with van der Waals surface area (Å²) in [7, 11) is -3.78. The Hall–Kier alpha value is -2.91. The average Bonchev–Trinajstić information content (AvgIpc) is 2.61. The van der Waals surface area contributed by atoms with Gasteiger partial charge in [-0.15, -0.1) is 0 Å². The standard InChI is InChI=1S/C18H20N2O6S/c1-11-3-4-14(9-16(11)21)18(23)26-10-17(22)20-12(2)13-5-7-15(8-6-13)27(19,24)25/h3-9,12,21H,10H2,1-2H3,(H,20,22)(H2,19,24,25). The van der Waals surface area contributed by atoms with Gasteiger partial charge in [0.2, 0.25) is 10.0 Å². The van der Waals surface area contributed by atoms with Gasteiger partial charge < -0.3 is 15.2 Å². The quantitative estimate of drug-likeness (QED) is 0.636. The van der Waals surface area contributed by atoms with Gasteiger partial charge in [-0.25, -0.2) is 18.4 Å². The predicted molar refractivity (Wildman–Crippen MR) is 97.5 cm³/mol. The van der Waals surface area contributed by atoms with Crippen LogP contribution in [-0.4, -0.2) is 32.0 Å². The van der Waals surface area contributed by atoms with Crippen LogP contribution in [0.4, 0.5) is 0 Å². The number of hydrogen-bond donors (Lipinski definition) is 3. The molecule has 144 valence electrons. The summed E-state index contributed by atoms with van der Waals surface area (Å²) < 4.78 is 27.4. The van der Waals surface area contributed by atoms with Gasteiger partial charge in [-0.05, 0) is 49.2 Å². The van der Waals surface area contributed by atoms with Gasteiger partial charge in [0.05, 0.1) is 16.5 Å². The zero-order chi connectivity index (χ0) is 20.2. The Labute approximate surface area is 157 Å². The van der Waals surface area contributed by atoms with Crippen molar-refractivity contribution in [3.8, 4) is 5.75 Å². The number of carbonyl (C=O) groups excluding carboxylic acids is 2. The van der Waals surface area contributed by atoms with E-state index in [0.29, 0.717) is 11.1 Å². The Morgan fingerprint density at radius 3 is 2.37 bits per heavy atom. The fraction of sp³-hybridized carbons (Fsp3) is 0.222. The van der Waals surface area contributed by atoms with E-state index in [9.17, 15) is 23.1 Å². The van der Waals surface area contributed by atoms with Crippen LogP contribution in [-0.2, 0) is 19.6 Å². The molecule has 0 saturated carbocycles. The first-order valence-corrected chi connectivity index (χ1v) is 9.51. The predicted octanol–water partition coefficient (Wildman–Crippen LogP) is 1.38. The molecule has 1 amide bonds. The Morgan fingerprint density at radius 1 is 1.19 bits per heavy atom. The van der Waals surface area contributed by atoms with Crippen LogP contribution < -0.4 is 10.5 Å². The summed E-state index contributed by atoms with van der Waals surface area (Å²) in [5.74, 6) is -1.29. The fourth-order valence-corrected chi connectivity index (χ4v) is 2.78. The molecular weight excluding hydrogens is 372 g/mol. The molecule has 2 aromatic carbocycles. The van der Waals surface area contributed by atoms with Crippen molar-refractivity contribution >= 4 is 21.9 Å². The van der Waals surface area contributed by atoms with Gasteiger partial charge in [0.25, 0.3) is 5.91 Å². The van der Waals surface area contributed by atoms with E-state index in [0.717, 1.165) is 0 Å². The van der Waals surface area contributed by atoms with Crippen LogP contribution in [0.25, 0.3) is 0 Å². The number of benzene rings is 2. The van der Waals surface area contributed by atoms with Crippen LogP contribution in [0.5, 0.6) is 5.75 Å². The zero-order valence-electron chi connectivity index (χ0n) is 14.8. The molecule has 0 saturated heterocycles. The molecule has 2 aromatic rings.